The first-order valence-corrected chi connectivity index (χ1v) is 8.93. The molecular weight excluding hydrogens is 393 g/mol. The van der Waals surface area contributed by atoms with Crippen LogP contribution in [-0.4, -0.2) is 39.6 Å². The second-order valence-corrected chi connectivity index (χ2v) is 8.78. The monoisotopic (exact) mass is 413 g/mol. The van der Waals surface area contributed by atoms with Crippen LogP contribution in [0, 0.1) is 11.2 Å². The standard InChI is InChI=1S/C17H21BrFN3O3/c1-16(2,3)25-15(24)22-10(7-17(4)8-11(17)22)14(23)21-13-6-9(19)5-12(18)20-13/h5-6,10-11H,7-8H2,1-4H3,(H,20,21,23)/t10-,11+,17-/m0/s1. The van der Waals surface area contributed by atoms with Gasteiger partial charge in [0.15, 0.2) is 0 Å². The van der Waals surface area contributed by atoms with Crippen LogP contribution in [0.1, 0.15) is 40.5 Å². The molecule has 3 atom stereocenters. The summed E-state index contributed by atoms with van der Waals surface area (Å²) in [5.74, 6) is -0.793. The van der Waals surface area contributed by atoms with E-state index in [1.807, 2.05) is 0 Å². The number of fused-ring (bicyclic) bond motifs is 1. The van der Waals surface area contributed by atoms with Gasteiger partial charge in [0.2, 0.25) is 5.91 Å². The van der Waals surface area contributed by atoms with Crippen LogP contribution < -0.4 is 5.32 Å². The maximum absolute atomic E-state index is 13.5. The Labute approximate surface area is 154 Å². The average Bonchev–Trinajstić information content (AvgIpc) is 2.96. The highest BCUT2D eigenvalue weighted by molar-refractivity contribution is 9.10. The number of aromatic nitrogens is 1. The maximum atomic E-state index is 13.5. The van der Waals surface area contributed by atoms with Crippen LogP contribution >= 0.6 is 15.9 Å². The summed E-state index contributed by atoms with van der Waals surface area (Å²) in [6.07, 6.45) is 0.922. The molecule has 136 valence electrons. The molecule has 1 saturated carbocycles. The molecule has 1 aromatic heterocycles. The summed E-state index contributed by atoms with van der Waals surface area (Å²) in [5, 5.41) is 2.60. The van der Waals surface area contributed by atoms with E-state index < -0.39 is 23.6 Å². The van der Waals surface area contributed by atoms with E-state index in [1.165, 1.54) is 11.0 Å². The molecule has 2 heterocycles. The Morgan fingerprint density at radius 1 is 1.40 bits per heavy atom. The number of ether oxygens (including phenoxy) is 1. The van der Waals surface area contributed by atoms with Crippen molar-refractivity contribution < 1.29 is 18.7 Å². The molecule has 3 rings (SSSR count). The second-order valence-electron chi connectivity index (χ2n) is 7.96. The van der Waals surface area contributed by atoms with Crippen LogP contribution in [-0.2, 0) is 9.53 Å². The van der Waals surface area contributed by atoms with E-state index in [-0.39, 0.29) is 27.8 Å². The number of likely N-dealkylation sites (tertiary alicyclic amines) is 1. The van der Waals surface area contributed by atoms with Crippen LogP contribution in [0.15, 0.2) is 16.7 Å². The zero-order chi connectivity index (χ0) is 18.6. The Morgan fingerprint density at radius 2 is 2.08 bits per heavy atom. The first kappa shape index (κ1) is 18.1. The van der Waals surface area contributed by atoms with Crippen molar-refractivity contribution in [1.29, 1.82) is 0 Å². The minimum Gasteiger partial charge on any atom is -0.444 e. The summed E-state index contributed by atoms with van der Waals surface area (Å²) in [6, 6.07) is 1.69. The van der Waals surface area contributed by atoms with Crippen molar-refractivity contribution in [2.24, 2.45) is 5.41 Å². The number of halogens is 2. The Kier molecular flexibility index (Phi) is 4.29. The summed E-state index contributed by atoms with van der Waals surface area (Å²) >= 11 is 3.09. The zero-order valence-electron chi connectivity index (χ0n) is 14.6. The molecule has 1 aromatic rings. The highest BCUT2D eigenvalue weighted by Crippen LogP contribution is 2.59. The quantitative estimate of drug-likeness (QED) is 0.750. The van der Waals surface area contributed by atoms with Gasteiger partial charge in [-0.3, -0.25) is 9.69 Å². The van der Waals surface area contributed by atoms with Crippen molar-refractivity contribution in [3.8, 4) is 0 Å². The molecule has 1 saturated heterocycles. The number of anilines is 1. The molecular formula is C17H21BrFN3O3. The predicted octanol–water partition coefficient (Wildman–Crippen LogP) is 3.71. The lowest BCUT2D eigenvalue weighted by Crippen LogP contribution is -2.47. The minimum atomic E-state index is -0.651. The van der Waals surface area contributed by atoms with Crippen molar-refractivity contribution in [2.45, 2.75) is 58.2 Å². The third kappa shape index (κ3) is 3.78. The molecule has 0 bridgehead atoms. The number of carbonyl (C=O) groups is 2. The lowest BCUT2D eigenvalue weighted by Gasteiger charge is -2.29. The minimum absolute atomic E-state index is 0.00491. The zero-order valence-corrected chi connectivity index (χ0v) is 16.2. The Hall–Kier alpha value is -1.70. The Morgan fingerprint density at radius 3 is 2.68 bits per heavy atom. The molecule has 0 radical (unpaired) electrons. The fraction of sp³-hybridized carbons (Fsp3) is 0.588. The molecule has 1 aliphatic heterocycles. The van der Waals surface area contributed by atoms with Gasteiger partial charge in [0.05, 0.1) is 0 Å². The normalized spacial score (nSPS) is 27.7. The van der Waals surface area contributed by atoms with E-state index in [0.717, 1.165) is 12.5 Å². The summed E-state index contributed by atoms with van der Waals surface area (Å²) in [4.78, 5) is 30.8. The van der Waals surface area contributed by atoms with Crippen LogP contribution in [0.2, 0.25) is 0 Å². The smallest absolute Gasteiger partial charge is 0.411 e. The number of carbonyl (C=O) groups excluding carboxylic acids is 2. The van der Waals surface area contributed by atoms with E-state index in [1.54, 1.807) is 20.8 Å². The van der Waals surface area contributed by atoms with Crippen LogP contribution in [0.3, 0.4) is 0 Å². The fourth-order valence-corrected chi connectivity index (χ4v) is 3.73. The van der Waals surface area contributed by atoms with Crippen molar-refractivity contribution in [1.82, 2.24) is 9.88 Å². The van der Waals surface area contributed by atoms with Gasteiger partial charge in [-0.25, -0.2) is 14.2 Å². The van der Waals surface area contributed by atoms with Gasteiger partial charge in [-0.15, -0.1) is 0 Å². The third-order valence-electron chi connectivity index (χ3n) is 4.55. The highest BCUT2D eigenvalue weighted by atomic mass is 79.9. The van der Waals surface area contributed by atoms with Gasteiger partial charge >= 0.3 is 6.09 Å². The van der Waals surface area contributed by atoms with Gasteiger partial charge in [0, 0.05) is 18.2 Å². The van der Waals surface area contributed by atoms with E-state index in [2.05, 4.69) is 33.2 Å². The second kappa shape index (κ2) is 5.93. The lowest BCUT2D eigenvalue weighted by molar-refractivity contribution is -0.121. The van der Waals surface area contributed by atoms with Crippen LogP contribution in [0.5, 0.6) is 0 Å². The number of piperidine rings is 1. The van der Waals surface area contributed by atoms with Crippen molar-refractivity contribution in [3.05, 3.63) is 22.6 Å². The molecule has 0 aromatic carbocycles. The first-order chi connectivity index (χ1) is 11.5. The number of nitrogens with zero attached hydrogens (tertiary/aromatic N) is 2. The van der Waals surface area contributed by atoms with Gasteiger partial charge in [-0.2, -0.15) is 0 Å². The number of rotatable bonds is 2. The summed E-state index contributed by atoms with van der Waals surface area (Å²) in [6.45, 7) is 7.42. The lowest BCUT2D eigenvalue weighted by atomic mass is 10.0. The van der Waals surface area contributed by atoms with Crippen molar-refractivity contribution in [2.75, 3.05) is 5.32 Å². The van der Waals surface area contributed by atoms with Crippen LogP contribution in [0.4, 0.5) is 15.0 Å². The summed E-state index contributed by atoms with van der Waals surface area (Å²) in [5.41, 5.74) is -0.699. The van der Waals surface area contributed by atoms with Crippen LogP contribution in [0.25, 0.3) is 0 Å². The van der Waals surface area contributed by atoms with Gasteiger partial charge < -0.3 is 10.1 Å². The molecule has 1 N–H and O–H groups in total. The number of nitrogens with one attached hydrogen (secondary N) is 1. The van der Waals surface area contributed by atoms with E-state index in [4.69, 9.17) is 4.74 Å². The maximum Gasteiger partial charge on any atom is 0.411 e. The Bertz CT molecular complexity index is 716. The highest BCUT2D eigenvalue weighted by Gasteiger charge is 2.65. The first-order valence-electron chi connectivity index (χ1n) is 8.14. The van der Waals surface area contributed by atoms with E-state index in [9.17, 15) is 14.0 Å². The average molecular weight is 414 g/mol. The largest absolute Gasteiger partial charge is 0.444 e. The van der Waals surface area contributed by atoms with Crippen molar-refractivity contribution in [3.63, 3.8) is 0 Å². The van der Waals surface area contributed by atoms with E-state index in [0.29, 0.717) is 6.42 Å². The Balaban J connectivity index is 1.77. The van der Waals surface area contributed by atoms with Gasteiger partial charge in [0.1, 0.15) is 27.9 Å². The number of pyridine rings is 1. The summed E-state index contributed by atoms with van der Waals surface area (Å²) in [7, 11) is 0. The van der Waals surface area contributed by atoms with Gasteiger partial charge in [-0.05, 0) is 55.0 Å². The topological polar surface area (TPSA) is 71.5 Å². The SMILES string of the molecule is CC(C)(C)OC(=O)N1[C@H](C(=O)Nc2cc(F)cc(Br)n2)C[C@@]2(C)C[C@@H]12. The number of hydrogen-bond acceptors (Lipinski definition) is 4. The van der Waals surface area contributed by atoms with E-state index >= 15 is 0 Å². The molecule has 0 unspecified atom stereocenters. The molecule has 2 aliphatic rings. The predicted molar refractivity (Wildman–Crippen MR) is 93.5 cm³/mol. The molecule has 8 heteroatoms. The number of amides is 2. The van der Waals surface area contributed by atoms with Gasteiger partial charge in [0.25, 0.3) is 0 Å². The van der Waals surface area contributed by atoms with Crippen molar-refractivity contribution >= 4 is 33.7 Å². The molecule has 6 nitrogen and oxygen atoms in total. The third-order valence-corrected chi connectivity index (χ3v) is 4.96. The number of hydrogen-bond donors (Lipinski definition) is 1. The molecule has 2 fully saturated rings. The molecule has 25 heavy (non-hydrogen) atoms. The summed E-state index contributed by atoms with van der Waals surface area (Å²) < 4.78 is 19.2. The van der Waals surface area contributed by atoms with Gasteiger partial charge in [-0.1, -0.05) is 6.92 Å². The fourth-order valence-electron chi connectivity index (χ4n) is 3.32. The molecule has 2 amide bonds. The molecule has 1 aliphatic carbocycles. The molecule has 0 spiro atoms.